The zero-order chi connectivity index (χ0) is 14.7. The molecular weight excluding hydrogens is 262 g/mol. The number of methoxy groups -OCH3 is 1. The monoisotopic (exact) mass is 279 g/mol. The number of ether oxygens (including phenoxy) is 1. The summed E-state index contributed by atoms with van der Waals surface area (Å²) >= 11 is 0. The van der Waals surface area contributed by atoms with Crippen LogP contribution in [0.4, 0.5) is 23.2 Å². The summed E-state index contributed by atoms with van der Waals surface area (Å²) < 4.78 is 55.8. The van der Waals surface area contributed by atoms with Gasteiger partial charge in [-0.1, -0.05) is 0 Å². The van der Waals surface area contributed by atoms with Crippen LogP contribution in [0.1, 0.15) is 25.8 Å². The Balaban J connectivity index is 2.71. The third-order valence-corrected chi connectivity index (χ3v) is 2.88. The second kappa shape index (κ2) is 5.77. The zero-order valence-electron chi connectivity index (χ0n) is 11.1. The molecule has 0 bridgehead atoms. The van der Waals surface area contributed by atoms with Gasteiger partial charge in [0.15, 0.2) is 0 Å². The van der Waals surface area contributed by atoms with Gasteiger partial charge in [0.2, 0.25) is 0 Å². The third kappa shape index (κ3) is 4.70. The van der Waals surface area contributed by atoms with Crippen molar-refractivity contribution in [2.24, 2.45) is 0 Å². The Kier molecular flexibility index (Phi) is 4.79. The minimum absolute atomic E-state index is 0.237. The van der Waals surface area contributed by atoms with Gasteiger partial charge < -0.3 is 10.1 Å². The number of halogens is 4. The van der Waals surface area contributed by atoms with E-state index in [1.54, 1.807) is 7.11 Å². The summed E-state index contributed by atoms with van der Waals surface area (Å²) in [6.07, 6.45) is -4.07. The Labute approximate surface area is 109 Å². The van der Waals surface area contributed by atoms with Crippen LogP contribution in [-0.4, -0.2) is 19.3 Å². The Morgan fingerprint density at radius 3 is 2.37 bits per heavy atom. The van der Waals surface area contributed by atoms with E-state index < -0.39 is 17.6 Å². The minimum Gasteiger partial charge on any atom is -0.385 e. The molecule has 6 heteroatoms. The average Bonchev–Trinajstić information content (AvgIpc) is 2.30. The van der Waals surface area contributed by atoms with Gasteiger partial charge in [0.25, 0.3) is 0 Å². The van der Waals surface area contributed by atoms with Crippen molar-refractivity contribution in [3.63, 3.8) is 0 Å². The summed E-state index contributed by atoms with van der Waals surface area (Å²) in [6.45, 7) is 4.19. The first kappa shape index (κ1) is 15.8. The number of hydrogen-bond donors (Lipinski definition) is 1. The van der Waals surface area contributed by atoms with Crippen LogP contribution in [0.25, 0.3) is 0 Å². The van der Waals surface area contributed by atoms with Crippen molar-refractivity contribution in [3.8, 4) is 0 Å². The molecule has 1 aromatic rings. The fourth-order valence-electron chi connectivity index (χ4n) is 1.46. The molecule has 0 aliphatic rings. The normalized spacial score (nSPS) is 12.6. The van der Waals surface area contributed by atoms with Crippen molar-refractivity contribution in [2.45, 2.75) is 32.0 Å². The van der Waals surface area contributed by atoms with Gasteiger partial charge in [-0.2, -0.15) is 13.2 Å². The second-order valence-corrected chi connectivity index (χ2v) is 4.83. The molecule has 108 valence electrons. The van der Waals surface area contributed by atoms with Crippen molar-refractivity contribution in [1.29, 1.82) is 0 Å². The molecule has 0 spiro atoms. The number of alkyl halides is 3. The van der Waals surface area contributed by atoms with Crippen LogP contribution in [0, 0.1) is 5.82 Å². The average molecular weight is 279 g/mol. The summed E-state index contributed by atoms with van der Waals surface area (Å²) in [5.41, 5.74) is -1.39. The largest absolute Gasteiger partial charge is 0.419 e. The molecule has 0 aromatic heterocycles. The van der Waals surface area contributed by atoms with E-state index in [-0.39, 0.29) is 11.3 Å². The molecule has 0 fully saturated rings. The Hall–Kier alpha value is -1.30. The van der Waals surface area contributed by atoms with Gasteiger partial charge in [0, 0.05) is 19.3 Å². The molecule has 0 aliphatic carbocycles. The first-order chi connectivity index (χ1) is 8.65. The Morgan fingerprint density at radius 1 is 1.21 bits per heavy atom. The van der Waals surface area contributed by atoms with Crippen LogP contribution in [0.2, 0.25) is 0 Å². The molecule has 19 heavy (non-hydrogen) atoms. The van der Waals surface area contributed by atoms with Gasteiger partial charge in [0.05, 0.1) is 11.2 Å². The molecule has 1 aromatic carbocycles. The van der Waals surface area contributed by atoms with Crippen molar-refractivity contribution < 1.29 is 22.3 Å². The lowest BCUT2D eigenvalue weighted by Gasteiger charge is -2.23. The molecule has 0 atom stereocenters. The van der Waals surface area contributed by atoms with Crippen molar-refractivity contribution in [2.75, 3.05) is 19.0 Å². The number of benzene rings is 1. The van der Waals surface area contributed by atoms with E-state index in [4.69, 9.17) is 4.74 Å². The predicted molar refractivity (Wildman–Crippen MR) is 65.6 cm³/mol. The topological polar surface area (TPSA) is 21.3 Å². The summed E-state index contributed by atoms with van der Waals surface area (Å²) in [5.74, 6) is -1.27. The van der Waals surface area contributed by atoms with Gasteiger partial charge in [-0.15, -0.1) is 0 Å². The summed E-state index contributed by atoms with van der Waals surface area (Å²) in [4.78, 5) is 0. The molecule has 0 unspecified atom stereocenters. The van der Waals surface area contributed by atoms with E-state index in [0.717, 1.165) is 12.1 Å². The van der Waals surface area contributed by atoms with Crippen LogP contribution >= 0.6 is 0 Å². The maximum Gasteiger partial charge on any atom is 0.419 e. The minimum atomic E-state index is -4.69. The van der Waals surface area contributed by atoms with Gasteiger partial charge in [-0.05, 0) is 38.5 Å². The van der Waals surface area contributed by atoms with E-state index in [2.05, 4.69) is 5.32 Å². The highest BCUT2D eigenvalue weighted by molar-refractivity contribution is 5.47. The van der Waals surface area contributed by atoms with Crippen LogP contribution in [0.15, 0.2) is 18.2 Å². The van der Waals surface area contributed by atoms with Crippen molar-refractivity contribution >= 4 is 5.69 Å². The van der Waals surface area contributed by atoms with Crippen LogP contribution in [0.3, 0.4) is 0 Å². The van der Waals surface area contributed by atoms with Gasteiger partial charge in [0.1, 0.15) is 5.82 Å². The van der Waals surface area contributed by atoms with E-state index in [1.807, 2.05) is 13.8 Å². The van der Waals surface area contributed by atoms with E-state index >= 15 is 0 Å². The molecular formula is C13H17F4NO. The summed E-state index contributed by atoms with van der Waals surface area (Å²) in [6, 6.07) is 2.87. The first-order valence-electron chi connectivity index (χ1n) is 5.81. The summed E-state index contributed by atoms with van der Waals surface area (Å²) in [7, 11) is 1.57. The van der Waals surface area contributed by atoms with Gasteiger partial charge >= 0.3 is 6.18 Å². The maximum absolute atomic E-state index is 13.1. The Bertz CT molecular complexity index is 429. The fraction of sp³-hybridized carbons (Fsp3) is 0.538. The van der Waals surface area contributed by atoms with E-state index in [0.29, 0.717) is 13.0 Å². The summed E-state index contributed by atoms with van der Waals surface area (Å²) in [5, 5.41) is 2.83. The zero-order valence-corrected chi connectivity index (χ0v) is 11.1. The molecule has 1 N–H and O–H groups in total. The molecule has 0 radical (unpaired) electrons. The number of hydrogen-bond acceptors (Lipinski definition) is 2. The standard InChI is InChI=1S/C13H17F4NO/c1-12(2,19-3)6-7-18-9-4-5-11(14)10(8-9)13(15,16)17/h4-5,8,18H,6-7H2,1-3H3. The quantitative estimate of drug-likeness (QED) is 0.820. The predicted octanol–water partition coefficient (Wildman–Crippen LogP) is 4.07. The smallest absolute Gasteiger partial charge is 0.385 e. The van der Waals surface area contributed by atoms with Crippen LogP contribution in [0.5, 0.6) is 0 Å². The first-order valence-corrected chi connectivity index (χ1v) is 5.81. The molecule has 0 amide bonds. The molecule has 2 nitrogen and oxygen atoms in total. The highest BCUT2D eigenvalue weighted by Gasteiger charge is 2.34. The molecule has 0 saturated heterocycles. The number of nitrogens with one attached hydrogen (secondary N) is 1. The lowest BCUT2D eigenvalue weighted by atomic mass is 10.1. The molecule has 0 heterocycles. The number of rotatable bonds is 5. The van der Waals surface area contributed by atoms with Crippen LogP contribution in [-0.2, 0) is 10.9 Å². The van der Waals surface area contributed by atoms with Gasteiger partial charge in [-0.25, -0.2) is 4.39 Å². The molecule has 1 rings (SSSR count). The van der Waals surface area contributed by atoms with Gasteiger partial charge in [-0.3, -0.25) is 0 Å². The highest BCUT2D eigenvalue weighted by atomic mass is 19.4. The lowest BCUT2D eigenvalue weighted by molar-refractivity contribution is -0.139. The SMILES string of the molecule is COC(C)(C)CCNc1ccc(F)c(C(F)(F)F)c1. The number of anilines is 1. The van der Waals surface area contributed by atoms with Crippen molar-refractivity contribution in [3.05, 3.63) is 29.6 Å². The third-order valence-electron chi connectivity index (χ3n) is 2.88. The lowest BCUT2D eigenvalue weighted by Crippen LogP contribution is -2.25. The van der Waals surface area contributed by atoms with E-state index in [9.17, 15) is 17.6 Å². The Morgan fingerprint density at radius 2 is 1.84 bits per heavy atom. The second-order valence-electron chi connectivity index (χ2n) is 4.83. The molecule has 0 saturated carbocycles. The maximum atomic E-state index is 13.1. The van der Waals surface area contributed by atoms with Crippen LogP contribution < -0.4 is 5.32 Å². The highest BCUT2D eigenvalue weighted by Crippen LogP contribution is 2.33. The van der Waals surface area contributed by atoms with E-state index in [1.165, 1.54) is 6.07 Å². The van der Waals surface area contributed by atoms with Crippen molar-refractivity contribution in [1.82, 2.24) is 0 Å². The molecule has 0 aliphatic heterocycles. The fourth-order valence-corrected chi connectivity index (χ4v) is 1.46.